The molecule has 120 valence electrons. The number of nitrogens with zero attached hydrogens (tertiary/aromatic N) is 2. The number of halogens is 1. The highest BCUT2D eigenvalue weighted by Gasteiger charge is 2.24. The van der Waals surface area contributed by atoms with Crippen LogP contribution in [0.5, 0.6) is 0 Å². The van der Waals surface area contributed by atoms with Crippen LogP contribution in [0, 0.1) is 11.8 Å². The minimum absolute atomic E-state index is 0.0312. The molecule has 21 heavy (non-hydrogen) atoms. The number of hydrogen-bond acceptors (Lipinski definition) is 4. The largest absolute Gasteiger partial charge is 0.481 e. The van der Waals surface area contributed by atoms with Crippen molar-refractivity contribution < 1.29 is 18.3 Å². The highest BCUT2D eigenvalue weighted by molar-refractivity contribution is 7.89. The molecule has 2 N–H and O–H groups in total. The molecule has 1 aromatic heterocycles. The first-order valence-electron chi connectivity index (χ1n) is 6.52. The van der Waals surface area contributed by atoms with Gasteiger partial charge in [-0.25, -0.2) is 13.1 Å². The molecule has 1 aromatic rings. The number of nitrogens with one attached hydrogen (secondary N) is 1. The van der Waals surface area contributed by atoms with Gasteiger partial charge in [-0.1, -0.05) is 25.4 Å². The minimum Gasteiger partial charge on any atom is -0.481 e. The summed E-state index contributed by atoms with van der Waals surface area (Å²) >= 11 is 5.82. The topological polar surface area (TPSA) is 101 Å². The van der Waals surface area contributed by atoms with Crippen LogP contribution in [0.25, 0.3) is 0 Å². The third-order valence-electron chi connectivity index (χ3n) is 2.93. The van der Waals surface area contributed by atoms with Crippen LogP contribution in [-0.4, -0.2) is 35.8 Å². The van der Waals surface area contributed by atoms with Gasteiger partial charge in [0, 0.05) is 20.0 Å². The van der Waals surface area contributed by atoms with Gasteiger partial charge in [0.05, 0.1) is 11.2 Å². The Bertz CT molecular complexity index is 578. The molecular formula is C12H20ClN3O4S. The molecule has 0 saturated carbocycles. The van der Waals surface area contributed by atoms with E-state index in [0.717, 1.165) is 0 Å². The lowest BCUT2D eigenvalue weighted by Gasteiger charge is -2.18. The number of carboxylic acid groups (broad SMARTS) is 1. The number of hydrogen-bond donors (Lipinski definition) is 2. The average molecular weight is 338 g/mol. The summed E-state index contributed by atoms with van der Waals surface area (Å²) in [5.74, 6) is -0.943. The molecule has 0 aliphatic rings. The quantitative estimate of drug-likeness (QED) is 0.748. The van der Waals surface area contributed by atoms with Crippen molar-refractivity contribution in [2.75, 3.05) is 6.54 Å². The number of aromatic nitrogens is 2. The molecule has 0 saturated heterocycles. The standard InChI is InChI=1S/C12H20ClN3O4S/c1-8(2)4-9(5-11(17)18)6-15-21(19,20)12-10(13)7-14-16(12)3/h7-9,15H,4-6H2,1-3H3,(H,17,18)/t9-/m0/s1. The van der Waals surface area contributed by atoms with Crippen molar-refractivity contribution in [3.8, 4) is 0 Å². The van der Waals surface area contributed by atoms with Crippen LogP contribution >= 0.6 is 11.6 Å². The maximum absolute atomic E-state index is 12.2. The zero-order valence-corrected chi connectivity index (χ0v) is 13.8. The highest BCUT2D eigenvalue weighted by Crippen LogP contribution is 2.21. The van der Waals surface area contributed by atoms with Crippen molar-refractivity contribution in [1.82, 2.24) is 14.5 Å². The van der Waals surface area contributed by atoms with E-state index >= 15 is 0 Å². The van der Waals surface area contributed by atoms with Crippen LogP contribution in [0.1, 0.15) is 26.7 Å². The maximum atomic E-state index is 12.2. The summed E-state index contributed by atoms with van der Waals surface area (Å²) in [6.45, 7) is 3.97. The van der Waals surface area contributed by atoms with Gasteiger partial charge in [-0.15, -0.1) is 0 Å². The SMILES string of the molecule is CC(C)C[C@H](CNS(=O)(=O)c1c(Cl)cnn1C)CC(=O)O. The molecule has 0 aliphatic carbocycles. The molecule has 0 unspecified atom stereocenters. The first-order chi connectivity index (χ1) is 9.63. The number of sulfonamides is 1. The summed E-state index contributed by atoms with van der Waals surface area (Å²) in [7, 11) is -2.34. The summed E-state index contributed by atoms with van der Waals surface area (Å²) in [5, 5.41) is 12.6. The van der Waals surface area contributed by atoms with E-state index in [1.807, 2.05) is 13.8 Å². The molecule has 0 fully saturated rings. The van der Waals surface area contributed by atoms with Crippen molar-refractivity contribution in [1.29, 1.82) is 0 Å². The van der Waals surface area contributed by atoms with Gasteiger partial charge >= 0.3 is 5.97 Å². The van der Waals surface area contributed by atoms with E-state index in [4.69, 9.17) is 16.7 Å². The average Bonchev–Trinajstić information content (AvgIpc) is 2.65. The molecule has 0 aliphatic heterocycles. The van der Waals surface area contributed by atoms with Gasteiger partial charge in [0.15, 0.2) is 5.03 Å². The van der Waals surface area contributed by atoms with Crippen molar-refractivity contribution >= 4 is 27.6 Å². The number of rotatable bonds is 8. The van der Waals surface area contributed by atoms with E-state index < -0.39 is 16.0 Å². The van der Waals surface area contributed by atoms with Crippen LogP contribution in [0.15, 0.2) is 11.2 Å². The maximum Gasteiger partial charge on any atom is 0.303 e. The first kappa shape index (κ1) is 17.9. The van der Waals surface area contributed by atoms with Crippen molar-refractivity contribution in [2.45, 2.75) is 31.7 Å². The number of carbonyl (C=O) groups is 1. The van der Waals surface area contributed by atoms with Gasteiger partial charge < -0.3 is 5.11 Å². The summed E-state index contributed by atoms with van der Waals surface area (Å²) in [4.78, 5) is 10.8. The Balaban J connectivity index is 2.81. The molecule has 1 atom stereocenters. The normalized spacial score (nSPS) is 13.6. The molecule has 9 heteroatoms. The lowest BCUT2D eigenvalue weighted by molar-refractivity contribution is -0.138. The van der Waals surface area contributed by atoms with Crippen LogP contribution < -0.4 is 4.72 Å². The van der Waals surface area contributed by atoms with Gasteiger partial charge in [0.2, 0.25) is 0 Å². The predicted octanol–water partition coefficient (Wildman–Crippen LogP) is 1.49. The Kier molecular flexibility index (Phi) is 6.18. The Hall–Kier alpha value is -1.12. The summed E-state index contributed by atoms with van der Waals surface area (Å²) < 4.78 is 28.0. The fourth-order valence-electron chi connectivity index (χ4n) is 2.15. The molecule has 7 nitrogen and oxygen atoms in total. The lowest BCUT2D eigenvalue weighted by Crippen LogP contribution is -2.32. The van der Waals surface area contributed by atoms with E-state index in [1.54, 1.807) is 0 Å². The number of carboxylic acids is 1. The Labute approximate surface area is 129 Å². The van der Waals surface area contributed by atoms with Gasteiger partial charge in [-0.2, -0.15) is 5.10 Å². The van der Waals surface area contributed by atoms with Crippen LogP contribution in [-0.2, 0) is 21.9 Å². The van der Waals surface area contributed by atoms with Gasteiger partial charge in [0.1, 0.15) is 0 Å². The first-order valence-corrected chi connectivity index (χ1v) is 8.38. The van der Waals surface area contributed by atoms with E-state index in [-0.39, 0.29) is 34.8 Å². The van der Waals surface area contributed by atoms with Crippen LogP contribution in [0.3, 0.4) is 0 Å². The third-order valence-corrected chi connectivity index (χ3v) is 4.86. The second-order valence-electron chi connectivity index (χ2n) is 5.37. The summed E-state index contributed by atoms with van der Waals surface area (Å²) in [5.41, 5.74) is 0. The second-order valence-corrected chi connectivity index (χ2v) is 7.46. The molecule has 0 bridgehead atoms. The highest BCUT2D eigenvalue weighted by atomic mass is 35.5. The molecule has 1 heterocycles. The smallest absolute Gasteiger partial charge is 0.303 e. The fraction of sp³-hybridized carbons (Fsp3) is 0.667. The van der Waals surface area contributed by atoms with Gasteiger partial charge in [0.25, 0.3) is 10.0 Å². The van der Waals surface area contributed by atoms with Gasteiger partial charge in [-0.3, -0.25) is 9.48 Å². The molecule has 0 spiro atoms. The van der Waals surface area contributed by atoms with Crippen LogP contribution in [0.2, 0.25) is 5.02 Å². The summed E-state index contributed by atoms with van der Waals surface area (Å²) in [6.07, 6.45) is 1.78. The monoisotopic (exact) mass is 337 g/mol. The molecular weight excluding hydrogens is 318 g/mol. The summed E-state index contributed by atoms with van der Waals surface area (Å²) in [6, 6.07) is 0. The zero-order valence-electron chi connectivity index (χ0n) is 12.2. The Morgan fingerprint density at radius 2 is 2.14 bits per heavy atom. The number of aliphatic carboxylic acids is 1. The van der Waals surface area contributed by atoms with Crippen molar-refractivity contribution in [3.05, 3.63) is 11.2 Å². The van der Waals surface area contributed by atoms with E-state index in [0.29, 0.717) is 6.42 Å². The van der Waals surface area contributed by atoms with Crippen molar-refractivity contribution in [2.24, 2.45) is 18.9 Å². The predicted molar refractivity (Wildman–Crippen MR) is 78.6 cm³/mol. The van der Waals surface area contributed by atoms with Gasteiger partial charge in [-0.05, 0) is 18.3 Å². The van der Waals surface area contributed by atoms with E-state index in [9.17, 15) is 13.2 Å². The molecule has 0 amide bonds. The zero-order chi connectivity index (χ0) is 16.2. The van der Waals surface area contributed by atoms with Crippen LogP contribution in [0.4, 0.5) is 0 Å². The Morgan fingerprint density at radius 3 is 2.57 bits per heavy atom. The Morgan fingerprint density at radius 1 is 1.52 bits per heavy atom. The number of aryl methyl sites for hydroxylation is 1. The van der Waals surface area contributed by atoms with E-state index in [1.165, 1.54) is 17.9 Å². The fourth-order valence-corrected chi connectivity index (χ4v) is 3.92. The molecule has 1 rings (SSSR count). The van der Waals surface area contributed by atoms with Crippen molar-refractivity contribution in [3.63, 3.8) is 0 Å². The second kappa shape index (κ2) is 7.24. The van der Waals surface area contributed by atoms with E-state index in [2.05, 4.69) is 9.82 Å². The minimum atomic E-state index is -3.82. The third kappa shape index (κ3) is 5.29. The molecule has 0 radical (unpaired) electrons. The lowest BCUT2D eigenvalue weighted by atomic mass is 9.94. The molecule has 0 aromatic carbocycles.